The number of rotatable bonds is 1. The number of hydrogen-bond acceptors (Lipinski definition) is 5. The van der Waals surface area contributed by atoms with Gasteiger partial charge in [0.25, 0.3) is 0 Å². The molecular weight excluding hydrogens is 308 g/mol. The summed E-state index contributed by atoms with van der Waals surface area (Å²) in [6, 6.07) is 9.93. The highest BCUT2D eigenvalue weighted by atomic mass is 16.5. The van der Waals surface area contributed by atoms with Crippen LogP contribution in [-0.2, 0) is 6.42 Å². The van der Waals surface area contributed by atoms with Gasteiger partial charge in [-0.15, -0.1) is 0 Å². The molecule has 0 saturated heterocycles. The zero-order chi connectivity index (χ0) is 17.1. The van der Waals surface area contributed by atoms with Crippen LogP contribution in [0.1, 0.15) is 19.4 Å². The predicted molar refractivity (Wildman–Crippen MR) is 89.4 cm³/mol. The van der Waals surface area contributed by atoms with Crippen LogP contribution >= 0.6 is 0 Å². The standard InChI is InChI=1S/C19H18O5/c1-19(2)18(22)7-11-3-10-6-15(23-16(10)9-17(11)24-19)12-4-13(20)8-14(21)5-12/h3-6,8-9,18,20-22H,7H2,1-2H3/t18-/m0/s1. The molecule has 0 amide bonds. The third kappa shape index (κ3) is 2.37. The van der Waals surface area contributed by atoms with E-state index in [1.165, 1.54) is 18.2 Å². The van der Waals surface area contributed by atoms with E-state index in [1.807, 2.05) is 32.0 Å². The van der Waals surface area contributed by atoms with Crippen molar-refractivity contribution < 1.29 is 24.5 Å². The van der Waals surface area contributed by atoms with Crippen LogP contribution in [0.5, 0.6) is 17.2 Å². The summed E-state index contributed by atoms with van der Waals surface area (Å²) in [5.74, 6) is 1.19. The first kappa shape index (κ1) is 14.9. The Morgan fingerprint density at radius 1 is 1.00 bits per heavy atom. The lowest BCUT2D eigenvalue weighted by molar-refractivity contribution is -0.0410. The topological polar surface area (TPSA) is 83.1 Å². The molecule has 1 aliphatic rings. The monoisotopic (exact) mass is 326 g/mol. The van der Waals surface area contributed by atoms with Gasteiger partial charge in [-0.05, 0) is 43.7 Å². The summed E-state index contributed by atoms with van der Waals surface area (Å²) >= 11 is 0. The van der Waals surface area contributed by atoms with E-state index >= 15 is 0 Å². The van der Waals surface area contributed by atoms with E-state index in [1.54, 1.807) is 0 Å². The Morgan fingerprint density at radius 2 is 1.71 bits per heavy atom. The number of ether oxygens (including phenoxy) is 1. The van der Waals surface area contributed by atoms with E-state index in [2.05, 4.69) is 0 Å². The molecule has 0 saturated carbocycles. The zero-order valence-electron chi connectivity index (χ0n) is 13.4. The van der Waals surface area contributed by atoms with Crippen LogP contribution in [0.25, 0.3) is 22.3 Å². The Morgan fingerprint density at radius 3 is 2.42 bits per heavy atom. The molecule has 2 aromatic carbocycles. The Kier molecular flexibility index (Phi) is 3.05. The summed E-state index contributed by atoms with van der Waals surface area (Å²) in [5.41, 5.74) is 1.52. The van der Waals surface area contributed by atoms with Crippen LogP contribution in [0.15, 0.2) is 40.8 Å². The van der Waals surface area contributed by atoms with Gasteiger partial charge in [-0.2, -0.15) is 0 Å². The van der Waals surface area contributed by atoms with Crippen molar-refractivity contribution in [2.24, 2.45) is 0 Å². The Balaban J connectivity index is 1.82. The SMILES string of the molecule is CC1(C)Oc2cc3oc(-c4cc(O)cc(O)c4)cc3cc2C[C@@H]1O. The van der Waals surface area contributed by atoms with Gasteiger partial charge < -0.3 is 24.5 Å². The number of phenolic OH excluding ortho intramolecular Hbond substituents is 2. The van der Waals surface area contributed by atoms with E-state index in [0.29, 0.717) is 29.1 Å². The first-order valence-corrected chi connectivity index (χ1v) is 7.79. The van der Waals surface area contributed by atoms with Crippen LogP contribution in [0.3, 0.4) is 0 Å². The van der Waals surface area contributed by atoms with Crippen molar-refractivity contribution >= 4 is 11.0 Å². The molecule has 0 spiro atoms. The van der Waals surface area contributed by atoms with Crippen molar-refractivity contribution in [3.63, 3.8) is 0 Å². The summed E-state index contributed by atoms with van der Waals surface area (Å²) in [7, 11) is 0. The molecule has 24 heavy (non-hydrogen) atoms. The summed E-state index contributed by atoms with van der Waals surface area (Å²) < 4.78 is 11.8. The number of phenols is 2. The molecule has 3 aromatic rings. The maximum absolute atomic E-state index is 10.2. The second-order valence-electron chi connectivity index (χ2n) is 6.77. The quantitative estimate of drug-likeness (QED) is 0.636. The molecule has 0 radical (unpaired) electrons. The highest BCUT2D eigenvalue weighted by Gasteiger charge is 2.36. The smallest absolute Gasteiger partial charge is 0.138 e. The molecule has 2 heterocycles. The Bertz CT molecular complexity index is 918. The molecule has 1 aromatic heterocycles. The van der Waals surface area contributed by atoms with Gasteiger partial charge >= 0.3 is 0 Å². The lowest BCUT2D eigenvalue weighted by atomic mass is 9.90. The number of aromatic hydroxyl groups is 2. The lowest BCUT2D eigenvalue weighted by Crippen LogP contribution is -2.46. The minimum absolute atomic E-state index is 0.0297. The fraction of sp³-hybridized carbons (Fsp3) is 0.263. The molecule has 1 atom stereocenters. The normalized spacial score (nSPS) is 19.0. The van der Waals surface area contributed by atoms with Gasteiger partial charge in [0, 0.05) is 29.5 Å². The molecular formula is C19H18O5. The van der Waals surface area contributed by atoms with Crippen LogP contribution in [0.2, 0.25) is 0 Å². The Labute approximate surface area is 138 Å². The van der Waals surface area contributed by atoms with Gasteiger partial charge in [0.1, 0.15) is 34.2 Å². The molecule has 124 valence electrons. The van der Waals surface area contributed by atoms with Crippen molar-refractivity contribution in [3.8, 4) is 28.6 Å². The first-order chi connectivity index (χ1) is 11.3. The van der Waals surface area contributed by atoms with E-state index in [-0.39, 0.29) is 11.5 Å². The highest BCUT2D eigenvalue weighted by Crippen LogP contribution is 2.39. The fourth-order valence-electron chi connectivity index (χ4n) is 3.06. The second kappa shape index (κ2) is 4.92. The maximum Gasteiger partial charge on any atom is 0.138 e. The summed E-state index contributed by atoms with van der Waals surface area (Å²) in [6.45, 7) is 3.71. The molecule has 5 heteroatoms. The van der Waals surface area contributed by atoms with Crippen molar-refractivity contribution in [2.75, 3.05) is 0 Å². The Hall–Kier alpha value is -2.66. The summed E-state index contributed by atoms with van der Waals surface area (Å²) in [4.78, 5) is 0. The van der Waals surface area contributed by atoms with Crippen molar-refractivity contribution in [1.82, 2.24) is 0 Å². The van der Waals surface area contributed by atoms with Gasteiger partial charge in [0.2, 0.25) is 0 Å². The van der Waals surface area contributed by atoms with Gasteiger partial charge in [-0.1, -0.05) is 0 Å². The first-order valence-electron chi connectivity index (χ1n) is 7.79. The fourth-order valence-corrected chi connectivity index (χ4v) is 3.06. The van der Waals surface area contributed by atoms with Crippen LogP contribution in [-0.4, -0.2) is 27.0 Å². The second-order valence-corrected chi connectivity index (χ2v) is 6.77. The van der Waals surface area contributed by atoms with E-state index in [9.17, 15) is 15.3 Å². The van der Waals surface area contributed by atoms with Crippen molar-refractivity contribution in [3.05, 3.63) is 42.0 Å². The number of hydrogen-bond donors (Lipinski definition) is 3. The molecule has 0 aliphatic carbocycles. The average Bonchev–Trinajstić information content (AvgIpc) is 2.88. The van der Waals surface area contributed by atoms with Gasteiger partial charge in [-0.3, -0.25) is 0 Å². The number of benzene rings is 2. The van der Waals surface area contributed by atoms with E-state index in [4.69, 9.17) is 9.15 Å². The van der Waals surface area contributed by atoms with Crippen LogP contribution < -0.4 is 4.74 Å². The third-order valence-corrected chi connectivity index (χ3v) is 4.48. The number of aliphatic hydroxyl groups is 1. The highest BCUT2D eigenvalue weighted by molar-refractivity contribution is 5.85. The minimum atomic E-state index is -0.646. The maximum atomic E-state index is 10.2. The number of fused-ring (bicyclic) bond motifs is 2. The summed E-state index contributed by atoms with van der Waals surface area (Å²) in [6.07, 6.45) is -0.0528. The molecule has 0 unspecified atom stereocenters. The molecule has 4 rings (SSSR count). The van der Waals surface area contributed by atoms with E-state index in [0.717, 1.165) is 10.9 Å². The molecule has 1 aliphatic heterocycles. The molecule has 5 nitrogen and oxygen atoms in total. The summed E-state index contributed by atoms with van der Waals surface area (Å²) in [5, 5.41) is 30.4. The number of aliphatic hydroxyl groups excluding tert-OH is 1. The zero-order valence-corrected chi connectivity index (χ0v) is 13.4. The molecule has 0 fully saturated rings. The lowest BCUT2D eigenvalue weighted by Gasteiger charge is -2.36. The van der Waals surface area contributed by atoms with Crippen molar-refractivity contribution in [1.29, 1.82) is 0 Å². The molecule has 0 bridgehead atoms. The van der Waals surface area contributed by atoms with Gasteiger partial charge in [0.05, 0.1) is 6.10 Å². The van der Waals surface area contributed by atoms with Crippen LogP contribution in [0, 0.1) is 0 Å². The van der Waals surface area contributed by atoms with Crippen LogP contribution in [0.4, 0.5) is 0 Å². The minimum Gasteiger partial charge on any atom is -0.508 e. The van der Waals surface area contributed by atoms with E-state index < -0.39 is 11.7 Å². The number of furan rings is 1. The predicted octanol–water partition coefficient (Wildman–Crippen LogP) is 3.59. The largest absolute Gasteiger partial charge is 0.508 e. The molecule has 3 N–H and O–H groups in total. The van der Waals surface area contributed by atoms with Gasteiger partial charge in [-0.25, -0.2) is 0 Å². The van der Waals surface area contributed by atoms with Crippen molar-refractivity contribution in [2.45, 2.75) is 32.0 Å². The van der Waals surface area contributed by atoms with Gasteiger partial charge in [0.15, 0.2) is 0 Å². The third-order valence-electron chi connectivity index (χ3n) is 4.48. The average molecular weight is 326 g/mol.